The summed E-state index contributed by atoms with van der Waals surface area (Å²) in [6.07, 6.45) is 1.74. The lowest BCUT2D eigenvalue weighted by Crippen LogP contribution is -2.39. The number of hydrogen-bond acceptors (Lipinski definition) is 3. The van der Waals surface area contributed by atoms with Crippen LogP contribution in [0.3, 0.4) is 0 Å². The topological polar surface area (TPSA) is 74.7 Å². The molecule has 3 rings (SSSR count). The van der Waals surface area contributed by atoms with E-state index in [1.165, 1.54) is 0 Å². The van der Waals surface area contributed by atoms with E-state index in [9.17, 15) is 13.2 Å². The van der Waals surface area contributed by atoms with Gasteiger partial charge >= 0.3 is 5.97 Å². The van der Waals surface area contributed by atoms with Crippen LogP contribution in [0.5, 0.6) is 0 Å². The molecular formula is C20H23NO4S. The van der Waals surface area contributed by atoms with E-state index in [0.29, 0.717) is 18.0 Å². The fourth-order valence-electron chi connectivity index (χ4n) is 3.37. The van der Waals surface area contributed by atoms with Crippen molar-refractivity contribution in [1.82, 2.24) is 4.31 Å². The third-order valence-corrected chi connectivity index (χ3v) is 6.73. The van der Waals surface area contributed by atoms with Crippen molar-refractivity contribution in [1.29, 1.82) is 0 Å². The molecule has 1 saturated heterocycles. The number of sulfonamides is 1. The molecule has 0 saturated carbocycles. The summed E-state index contributed by atoms with van der Waals surface area (Å²) in [6, 6.07) is 14.4. The van der Waals surface area contributed by atoms with E-state index in [1.54, 1.807) is 16.4 Å². The number of nitrogens with zero attached hydrogens (tertiary/aromatic N) is 1. The van der Waals surface area contributed by atoms with E-state index < -0.39 is 16.0 Å². The quantitative estimate of drug-likeness (QED) is 0.873. The number of carboxylic acids is 1. The average Bonchev–Trinajstić information content (AvgIpc) is 2.62. The van der Waals surface area contributed by atoms with Crippen LogP contribution in [0.25, 0.3) is 0 Å². The van der Waals surface area contributed by atoms with Crippen molar-refractivity contribution in [3.63, 3.8) is 0 Å². The highest BCUT2D eigenvalue weighted by atomic mass is 32.2. The maximum Gasteiger partial charge on any atom is 0.307 e. The number of hydrogen-bond donors (Lipinski definition) is 1. The Morgan fingerprint density at radius 2 is 1.77 bits per heavy atom. The third kappa shape index (κ3) is 4.14. The molecule has 6 heteroatoms. The van der Waals surface area contributed by atoms with E-state index >= 15 is 0 Å². The minimum absolute atomic E-state index is 0.00112. The number of aliphatic carboxylic acids is 1. The van der Waals surface area contributed by atoms with Gasteiger partial charge < -0.3 is 5.11 Å². The van der Waals surface area contributed by atoms with Crippen LogP contribution in [0.15, 0.2) is 53.4 Å². The smallest absolute Gasteiger partial charge is 0.307 e. The van der Waals surface area contributed by atoms with Gasteiger partial charge in [0.1, 0.15) is 0 Å². The van der Waals surface area contributed by atoms with E-state index in [0.717, 1.165) is 29.5 Å². The summed E-state index contributed by atoms with van der Waals surface area (Å²) in [6.45, 7) is 2.92. The lowest BCUT2D eigenvalue weighted by atomic mass is 9.91. The molecule has 1 unspecified atom stereocenters. The Bertz CT molecular complexity index is 873. The maximum atomic E-state index is 12.9. The molecule has 1 atom stereocenters. The van der Waals surface area contributed by atoms with Crippen LogP contribution in [-0.2, 0) is 21.2 Å². The minimum atomic E-state index is -3.49. The molecule has 0 aliphatic carbocycles. The highest BCUT2D eigenvalue weighted by molar-refractivity contribution is 7.89. The second-order valence-corrected chi connectivity index (χ2v) is 8.77. The fourth-order valence-corrected chi connectivity index (χ4v) is 4.90. The first-order valence-electron chi connectivity index (χ1n) is 8.74. The van der Waals surface area contributed by atoms with Crippen LogP contribution < -0.4 is 0 Å². The van der Waals surface area contributed by atoms with E-state index in [-0.39, 0.29) is 12.3 Å². The van der Waals surface area contributed by atoms with Crippen LogP contribution in [0.1, 0.15) is 35.4 Å². The summed E-state index contributed by atoms with van der Waals surface area (Å²) < 4.78 is 27.4. The van der Waals surface area contributed by atoms with Crippen molar-refractivity contribution >= 4 is 16.0 Å². The van der Waals surface area contributed by atoms with Crippen LogP contribution in [0.2, 0.25) is 0 Å². The molecule has 0 radical (unpaired) electrons. The summed E-state index contributed by atoms with van der Waals surface area (Å²) in [4.78, 5) is 11.1. The standard InChI is InChI=1S/C20H23NO4S/c1-15-4-10-19(11-5-15)26(24,25)21-12-2-3-18(14-21)17-8-6-16(7-9-17)13-20(22)23/h4-11,18H,2-3,12-14H2,1H3,(H,22,23). The number of benzene rings is 2. The van der Waals surface area contributed by atoms with Gasteiger partial charge in [0.2, 0.25) is 10.0 Å². The van der Waals surface area contributed by atoms with Gasteiger partial charge in [-0.15, -0.1) is 0 Å². The lowest BCUT2D eigenvalue weighted by molar-refractivity contribution is -0.136. The van der Waals surface area contributed by atoms with Gasteiger partial charge in [-0.25, -0.2) is 8.42 Å². The van der Waals surface area contributed by atoms with Gasteiger partial charge in [0.15, 0.2) is 0 Å². The average molecular weight is 373 g/mol. The molecule has 0 spiro atoms. The molecule has 0 bridgehead atoms. The van der Waals surface area contributed by atoms with Gasteiger partial charge in [0, 0.05) is 13.1 Å². The molecule has 1 aliphatic rings. The fraction of sp³-hybridized carbons (Fsp3) is 0.350. The molecule has 26 heavy (non-hydrogen) atoms. The third-order valence-electron chi connectivity index (χ3n) is 4.85. The molecule has 1 aliphatic heterocycles. The lowest BCUT2D eigenvalue weighted by Gasteiger charge is -2.32. The van der Waals surface area contributed by atoms with Gasteiger partial charge in [-0.2, -0.15) is 4.31 Å². The highest BCUT2D eigenvalue weighted by Crippen LogP contribution is 2.30. The highest BCUT2D eigenvalue weighted by Gasteiger charge is 2.30. The van der Waals surface area contributed by atoms with Crippen molar-refractivity contribution in [2.24, 2.45) is 0 Å². The largest absolute Gasteiger partial charge is 0.481 e. The molecular weight excluding hydrogens is 350 g/mol. The van der Waals surface area contributed by atoms with E-state index in [4.69, 9.17) is 5.11 Å². The summed E-state index contributed by atoms with van der Waals surface area (Å²) in [7, 11) is -3.49. The number of rotatable bonds is 5. The van der Waals surface area contributed by atoms with Crippen molar-refractivity contribution in [2.75, 3.05) is 13.1 Å². The molecule has 138 valence electrons. The molecule has 2 aromatic rings. The van der Waals surface area contributed by atoms with Crippen molar-refractivity contribution in [3.8, 4) is 0 Å². The summed E-state index contributed by atoms with van der Waals surface area (Å²) in [5, 5.41) is 8.86. The van der Waals surface area contributed by atoms with E-state index in [2.05, 4.69) is 0 Å². The SMILES string of the molecule is Cc1ccc(S(=O)(=O)N2CCCC(c3ccc(CC(=O)O)cc3)C2)cc1. The first kappa shape index (κ1) is 18.6. The van der Waals surface area contributed by atoms with Gasteiger partial charge in [-0.1, -0.05) is 42.0 Å². The van der Waals surface area contributed by atoms with E-state index in [1.807, 2.05) is 43.3 Å². The Morgan fingerprint density at radius 3 is 2.38 bits per heavy atom. The zero-order chi connectivity index (χ0) is 18.7. The molecule has 2 aromatic carbocycles. The molecule has 1 fully saturated rings. The van der Waals surface area contributed by atoms with Crippen LogP contribution in [0.4, 0.5) is 0 Å². The van der Waals surface area contributed by atoms with Gasteiger partial charge in [-0.3, -0.25) is 4.79 Å². The number of piperidine rings is 1. The summed E-state index contributed by atoms with van der Waals surface area (Å²) in [5.74, 6) is -0.728. The minimum Gasteiger partial charge on any atom is -0.481 e. The maximum absolute atomic E-state index is 12.9. The number of aryl methyl sites for hydroxylation is 1. The van der Waals surface area contributed by atoms with Crippen molar-refractivity contribution in [2.45, 2.75) is 37.0 Å². The monoisotopic (exact) mass is 373 g/mol. The van der Waals surface area contributed by atoms with Gasteiger partial charge in [0.05, 0.1) is 11.3 Å². The van der Waals surface area contributed by atoms with Crippen LogP contribution >= 0.6 is 0 Å². The molecule has 1 N–H and O–H groups in total. The van der Waals surface area contributed by atoms with Crippen LogP contribution in [-0.4, -0.2) is 36.9 Å². The zero-order valence-electron chi connectivity index (χ0n) is 14.8. The molecule has 1 heterocycles. The van der Waals surface area contributed by atoms with Crippen molar-refractivity contribution < 1.29 is 18.3 Å². The summed E-state index contributed by atoms with van der Waals surface area (Å²) >= 11 is 0. The van der Waals surface area contributed by atoms with Crippen molar-refractivity contribution in [3.05, 3.63) is 65.2 Å². The molecule has 0 aromatic heterocycles. The second-order valence-electron chi connectivity index (χ2n) is 6.83. The Labute approximate surface area is 154 Å². The predicted molar refractivity (Wildman–Crippen MR) is 99.7 cm³/mol. The first-order chi connectivity index (χ1) is 12.4. The molecule has 5 nitrogen and oxygen atoms in total. The zero-order valence-corrected chi connectivity index (χ0v) is 15.6. The normalized spacial score (nSPS) is 18.6. The Morgan fingerprint density at radius 1 is 1.12 bits per heavy atom. The second kappa shape index (κ2) is 7.60. The number of carboxylic acid groups (broad SMARTS) is 1. The Hall–Kier alpha value is -2.18. The Kier molecular flexibility index (Phi) is 5.44. The predicted octanol–water partition coefficient (Wildman–Crippen LogP) is 3.19. The number of carbonyl (C=O) groups is 1. The molecule has 0 amide bonds. The van der Waals surface area contributed by atoms with Crippen LogP contribution in [0, 0.1) is 6.92 Å². The first-order valence-corrected chi connectivity index (χ1v) is 10.2. The van der Waals surface area contributed by atoms with Gasteiger partial charge in [-0.05, 0) is 48.9 Å². The Balaban J connectivity index is 1.76. The summed E-state index contributed by atoms with van der Waals surface area (Å²) in [5.41, 5.74) is 2.84. The van der Waals surface area contributed by atoms with Gasteiger partial charge in [0.25, 0.3) is 0 Å².